The van der Waals surface area contributed by atoms with E-state index in [1.165, 1.54) is 12.8 Å². The number of ether oxygens (including phenoxy) is 3. The van der Waals surface area contributed by atoms with E-state index in [-0.39, 0.29) is 12.2 Å². The molecule has 0 spiro atoms. The summed E-state index contributed by atoms with van der Waals surface area (Å²) in [7, 11) is 1.66. The van der Waals surface area contributed by atoms with Gasteiger partial charge in [-0.3, -0.25) is 0 Å². The second kappa shape index (κ2) is 7.91. The van der Waals surface area contributed by atoms with Crippen molar-refractivity contribution >= 4 is 5.71 Å². The van der Waals surface area contributed by atoms with Crippen molar-refractivity contribution in [3.05, 3.63) is 35.5 Å². The zero-order valence-electron chi connectivity index (χ0n) is 17.4. The van der Waals surface area contributed by atoms with Crippen LogP contribution in [-0.2, 0) is 15.2 Å². The fourth-order valence-electron chi connectivity index (χ4n) is 4.30. The lowest BCUT2D eigenvalue weighted by atomic mass is 9.95. The monoisotopic (exact) mass is 413 g/mol. The van der Waals surface area contributed by atoms with Crippen molar-refractivity contribution in [2.75, 3.05) is 13.7 Å². The summed E-state index contributed by atoms with van der Waals surface area (Å²) in [4.78, 5) is 10.3. The molecule has 1 saturated heterocycles. The number of aromatic nitrogens is 2. The molecule has 2 aromatic rings. The topological polar surface area (TPSA) is 88.2 Å². The van der Waals surface area contributed by atoms with E-state index in [1.807, 2.05) is 25.1 Å². The number of benzene rings is 1. The Bertz CT molecular complexity index is 931. The minimum absolute atomic E-state index is 0.117. The van der Waals surface area contributed by atoms with Crippen LogP contribution in [0, 0.1) is 0 Å². The van der Waals surface area contributed by atoms with Crippen LogP contribution < -0.4 is 9.47 Å². The van der Waals surface area contributed by atoms with E-state index in [2.05, 4.69) is 15.3 Å². The van der Waals surface area contributed by atoms with Crippen molar-refractivity contribution in [1.29, 1.82) is 0 Å². The Morgan fingerprint density at radius 2 is 1.97 bits per heavy atom. The predicted molar refractivity (Wildman–Crippen MR) is 108 cm³/mol. The van der Waals surface area contributed by atoms with Gasteiger partial charge in [0.15, 0.2) is 11.5 Å². The number of methoxy groups -OCH3 is 1. The van der Waals surface area contributed by atoms with E-state index >= 15 is 0 Å². The Balaban J connectivity index is 1.33. The van der Waals surface area contributed by atoms with Gasteiger partial charge in [-0.1, -0.05) is 10.3 Å². The van der Waals surface area contributed by atoms with Crippen LogP contribution in [0.2, 0.25) is 0 Å². The molecule has 160 valence electrons. The quantitative estimate of drug-likeness (QED) is 0.698. The number of rotatable bonds is 6. The fraction of sp³-hybridized carbons (Fsp3) is 0.591. The van der Waals surface area contributed by atoms with Crippen molar-refractivity contribution in [3.63, 3.8) is 0 Å². The smallest absolute Gasteiger partial charge is 0.255 e. The van der Waals surface area contributed by atoms with Crippen LogP contribution in [-0.4, -0.2) is 35.7 Å². The molecular formula is C22H27N3O5. The highest BCUT2D eigenvalue weighted by Crippen LogP contribution is 2.38. The van der Waals surface area contributed by atoms with Crippen molar-refractivity contribution < 1.29 is 23.6 Å². The van der Waals surface area contributed by atoms with Crippen LogP contribution in [0.25, 0.3) is 0 Å². The Kier molecular flexibility index (Phi) is 5.10. The molecule has 0 bridgehead atoms. The zero-order valence-corrected chi connectivity index (χ0v) is 17.4. The number of hydrogen-bond acceptors (Lipinski definition) is 8. The maximum Gasteiger partial charge on any atom is 0.255 e. The third-order valence-electron chi connectivity index (χ3n) is 6.07. The lowest BCUT2D eigenvalue weighted by molar-refractivity contribution is -0.0159. The molecule has 2 fully saturated rings. The van der Waals surface area contributed by atoms with Crippen molar-refractivity contribution in [2.24, 2.45) is 5.16 Å². The lowest BCUT2D eigenvalue weighted by Crippen LogP contribution is -2.24. The van der Waals surface area contributed by atoms with Crippen LogP contribution in [0.1, 0.15) is 75.3 Å². The molecule has 2 aliphatic heterocycles. The fourth-order valence-corrected chi connectivity index (χ4v) is 4.30. The van der Waals surface area contributed by atoms with Gasteiger partial charge >= 0.3 is 0 Å². The van der Waals surface area contributed by atoms with Gasteiger partial charge in [0.25, 0.3) is 5.89 Å². The molecular weight excluding hydrogens is 386 g/mol. The molecule has 5 rings (SSSR count). The maximum atomic E-state index is 6.22. The summed E-state index contributed by atoms with van der Waals surface area (Å²) >= 11 is 0. The van der Waals surface area contributed by atoms with Gasteiger partial charge in [0.05, 0.1) is 18.9 Å². The van der Waals surface area contributed by atoms with E-state index in [0.717, 1.165) is 55.1 Å². The molecule has 8 nitrogen and oxygen atoms in total. The Morgan fingerprint density at radius 3 is 2.73 bits per heavy atom. The van der Waals surface area contributed by atoms with Crippen molar-refractivity contribution in [2.45, 2.75) is 69.7 Å². The minimum Gasteiger partial charge on any atom is -0.493 e. The molecule has 0 radical (unpaired) electrons. The first kappa shape index (κ1) is 19.4. The van der Waals surface area contributed by atoms with E-state index in [9.17, 15) is 0 Å². The third kappa shape index (κ3) is 3.64. The van der Waals surface area contributed by atoms with Gasteiger partial charge in [-0.2, -0.15) is 4.98 Å². The Morgan fingerprint density at radius 1 is 1.10 bits per heavy atom. The van der Waals surface area contributed by atoms with Gasteiger partial charge in [0.1, 0.15) is 6.10 Å². The second-order valence-corrected chi connectivity index (χ2v) is 8.38. The summed E-state index contributed by atoms with van der Waals surface area (Å²) in [6.45, 7) is 2.65. The van der Waals surface area contributed by atoms with Gasteiger partial charge in [-0.15, -0.1) is 0 Å². The number of oxime groups is 1. The molecule has 3 aliphatic rings. The van der Waals surface area contributed by atoms with Gasteiger partial charge < -0.3 is 23.6 Å². The first-order valence-electron chi connectivity index (χ1n) is 10.7. The van der Waals surface area contributed by atoms with E-state index in [0.29, 0.717) is 18.1 Å². The van der Waals surface area contributed by atoms with Crippen molar-refractivity contribution in [1.82, 2.24) is 10.1 Å². The molecule has 2 unspecified atom stereocenters. The number of nitrogens with zero attached hydrogens (tertiary/aromatic N) is 3. The van der Waals surface area contributed by atoms with Gasteiger partial charge in [-0.25, -0.2) is 0 Å². The first-order chi connectivity index (χ1) is 14.6. The van der Waals surface area contributed by atoms with Crippen LogP contribution >= 0.6 is 0 Å². The molecule has 8 heteroatoms. The van der Waals surface area contributed by atoms with Crippen LogP contribution in [0.3, 0.4) is 0 Å². The summed E-state index contributed by atoms with van der Waals surface area (Å²) in [6.07, 6.45) is 7.16. The molecule has 30 heavy (non-hydrogen) atoms. The highest BCUT2D eigenvalue weighted by molar-refractivity contribution is 6.02. The predicted octanol–water partition coefficient (Wildman–Crippen LogP) is 4.29. The first-order valence-corrected chi connectivity index (χ1v) is 10.7. The Hall–Kier alpha value is -2.61. The normalized spacial score (nSPS) is 26.6. The lowest BCUT2D eigenvalue weighted by Gasteiger charge is -2.17. The van der Waals surface area contributed by atoms with E-state index < -0.39 is 5.60 Å². The second-order valence-electron chi connectivity index (χ2n) is 8.38. The van der Waals surface area contributed by atoms with E-state index in [1.54, 1.807) is 7.11 Å². The molecule has 1 aromatic heterocycles. The number of hydrogen-bond donors (Lipinski definition) is 0. The summed E-state index contributed by atoms with van der Waals surface area (Å²) in [5.74, 6) is 2.48. The third-order valence-corrected chi connectivity index (χ3v) is 6.07. The average Bonchev–Trinajstić information content (AvgIpc) is 3.54. The summed E-state index contributed by atoms with van der Waals surface area (Å²) in [5.41, 5.74) is 0.984. The Labute approximate surface area is 175 Å². The molecule has 3 heterocycles. The standard InChI is InChI=1S/C22H27N3O5/c1-22(21-23-20(29-25-21)18-8-5-11-27-18)13-16(24-30-22)14-9-10-17(26-2)19(12-14)28-15-6-3-4-7-15/h9-10,12,15,18H,3-8,11,13H2,1-2H3. The van der Waals surface area contributed by atoms with Gasteiger partial charge in [-0.05, 0) is 63.6 Å². The zero-order chi connectivity index (χ0) is 20.6. The largest absolute Gasteiger partial charge is 0.493 e. The molecule has 1 saturated carbocycles. The molecule has 0 amide bonds. The SMILES string of the molecule is COc1ccc(C2=NOC(C)(c3noc(C4CCCO4)n3)C2)cc1OC1CCCC1. The summed E-state index contributed by atoms with van der Waals surface area (Å²) in [5, 5.41) is 8.48. The highest BCUT2D eigenvalue weighted by Gasteiger charge is 2.42. The summed E-state index contributed by atoms with van der Waals surface area (Å²) < 4.78 is 22.8. The average molecular weight is 413 g/mol. The molecule has 1 aromatic carbocycles. The molecule has 0 N–H and O–H groups in total. The van der Waals surface area contributed by atoms with E-state index in [4.69, 9.17) is 23.6 Å². The minimum atomic E-state index is -0.776. The maximum absolute atomic E-state index is 6.22. The van der Waals surface area contributed by atoms with Gasteiger partial charge in [0.2, 0.25) is 11.4 Å². The molecule has 2 atom stereocenters. The highest BCUT2D eigenvalue weighted by atomic mass is 16.7. The van der Waals surface area contributed by atoms with Crippen LogP contribution in [0.5, 0.6) is 11.5 Å². The van der Waals surface area contributed by atoms with Crippen LogP contribution in [0.15, 0.2) is 27.9 Å². The summed E-state index contributed by atoms with van der Waals surface area (Å²) in [6, 6.07) is 5.88. The van der Waals surface area contributed by atoms with Crippen molar-refractivity contribution in [3.8, 4) is 11.5 Å². The van der Waals surface area contributed by atoms with Gasteiger partial charge in [0, 0.05) is 18.6 Å². The molecule has 1 aliphatic carbocycles. The van der Waals surface area contributed by atoms with Crippen LogP contribution in [0.4, 0.5) is 0 Å².